The number of ether oxygens (including phenoxy) is 2. The summed E-state index contributed by atoms with van der Waals surface area (Å²) >= 11 is 0. The van der Waals surface area contributed by atoms with Gasteiger partial charge in [-0.15, -0.1) is 0 Å². The molecule has 0 bridgehead atoms. The standard InChI is InChI=1S/2C25H25NO2/c1-4-25(27)28-18-17-21-9-15-24(16-10-21)26(22-11-5-19(2)6-12-22)23-13-7-20(3)8-14-23;1-4-25(27)28-18-17-21-7-5-6-8-24(21)26(22-13-9-19(2)10-14-22)23-15-11-20(3)12-16-23/h2*4-16H,1,17-18H2,2-3H3. The predicted octanol–water partition coefficient (Wildman–Crippen LogP) is 12.1. The number of hydrogen-bond donors (Lipinski definition) is 0. The summed E-state index contributed by atoms with van der Waals surface area (Å²) in [4.78, 5) is 27.0. The van der Waals surface area contributed by atoms with Crippen LogP contribution >= 0.6 is 0 Å². The van der Waals surface area contributed by atoms with Crippen LogP contribution in [0, 0.1) is 27.7 Å². The number of benzene rings is 6. The normalized spacial score (nSPS) is 10.4. The number of rotatable bonds is 14. The minimum absolute atomic E-state index is 0.317. The zero-order valence-corrected chi connectivity index (χ0v) is 32.8. The Morgan fingerprint density at radius 2 is 0.804 bits per heavy atom. The van der Waals surface area contributed by atoms with E-state index in [0.29, 0.717) is 26.1 Å². The van der Waals surface area contributed by atoms with Gasteiger partial charge in [-0.25, -0.2) is 9.59 Å². The van der Waals surface area contributed by atoms with Gasteiger partial charge in [0, 0.05) is 59.1 Å². The van der Waals surface area contributed by atoms with Crippen LogP contribution in [0.3, 0.4) is 0 Å². The lowest BCUT2D eigenvalue weighted by Crippen LogP contribution is -2.13. The largest absolute Gasteiger partial charge is 0.462 e. The summed E-state index contributed by atoms with van der Waals surface area (Å²) in [6.07, 6.45) is 3.68. The lowest BCUT2D eigenvalue weighted by atomic mass is 10.1. The van der Waals surface area contributed by atoms with Crippen molar-refractivity contribution >= 4 is 46.1 Å². The first-order chi connectivity index (χ1) is 27.1. The van der Waals surface area contributed by atoms with Crippen molar-refractivity contribution in [3.05, 3.63) is 204 Å². The van der Waals surface area contributed by atoms with Crippen LogP contribution in [0.1, 0.15) is 33.4 Å². The second-order valence-electron chi connectivity index (χ2n) is 13.6. The lowest BCUT2D eigenvalue weighted by molar-refractivity contribution is -0.138. The molecule has 6 heteroatoms. The van der Waals surface area contributed by atoms with E-state index in [0.717, 1.165) is 45.3 Å². The number of hydrogen-bond acceptors (Lipinski definition) is 6. The molecule has 0 atom stereocenters. The van der Waals surface area contributed by atoms with E-state index in [2.05, 4.69) is 184 Å². The molecule has 0 radical (unpaired) electrons. The maximum absolute atomic E-state index is 11.4. The van der Waals surface area contributed by atoms with E-state index in [-0.39, 0.29) is 5.97 Å². The zero-order chi connectivity index (χ0) is 39.9. The fraction of sp³-hybridized carbons (Fsp3) is 0.160. The highest BCUT2D eigenvalue weighted by Gasteiger charge is 2.16. The summed E-state index contributed by atoms with van der Waals surface area (Å²) in [6, 6.07) is 50.6. The van der Waals surface area contributed by atoms with Crippen molar-refractivity contribution in [3.8, 4) is 0 Å². The molecule has 0 fully saturated rings. The number of esters is 2. The van der Waals surface area contributed by atoms with Crippen molar-refractivity contribution in [1.29, 1.82) is 0 Å². The molecule has 0 saturated carbocycles. The predicted molar refractivity (Wildman–Crippen MR) is 231 cm³/mol. The number of aryl methyl sites for hydroxylation is 4. The molecule has 6 rings (SSSR count). The third-order valence-electron chi connectivity index (χ3n) is 9.18. The van der Waals surface area contributed by atoms with E-state index in [4.69, 9.17) is 9.47 Å². The van der Waals surface area contributed by atoms with Crippen molar-refractivity contribution < 1.29 is 19.1 Å². The van der Waals surface area contributed by atoms with Gasteiger partial charge in [0.15, 0.2) is 0 Å². The summed E-state index contributed by atoms with van der Waals surface area (Å²) in [6.45, 7) is 15.9. The smallest absolute Gasteiger partial charge is 0.330 e. The van der Waals surface area contributed by atoms with Crippen LogP contribution in [0.2, 0.25) is 0 Å². The molecule has 0 unspecified atom stereocenters. The van der Waals surface area contributed by atoms with Crippen LogP contribution in [0.4, 0.5) is 34.1 Å². The summed E-state index contributed by atoms with van der Waals surface area (Å²) in [5, 5.41) is 0. The van der Waals surface area contributed by atoms with Crippen LogP contribution in [0.5, 0.6) is 0 Å². The van der Waals surface area contributed by atoms with E-state index in [1.807, 2.05) is 12.1 Å². The van der Waals surface area contributed by atoms with Crippen molar-refractivity contribution in [2.75, 3.05) is 23.0 Å². The number of nitrogens with zero attached hydrogens (tertiary/aromatic N) is 2. The Labute approximate surface area is 332 Å². The Balaban J connectivity index is 0.000000214. The molecule has 0 heterocycles. The van der Waals surface area contributed by atoms with Crippen molar-refractivity contribution in [1.82, 2.24) is 0 Å². The fourth-order valence-electron chi connectivity index (χ4n) is 6.05. The molecule has 0 saturated heterocycles. The molecule has 6 aromatic rings. The average molecular weight is 743 g/mol. The number of anilines is 6. The molecule has 6 aromatic carbocycles. The van der Waals surface area contributed by atoms with Gasteiger partial charge >= 0.3 is 11.9 Å². The highest BCUT2D eigenvalue weighted by atomic mass is 16.5. The first-order valence-corrected chi connectivity index (χ1v) is 18.8. The molecule has 0 aliphatic heterocycles. The Morgan fingerprint density at radius 1 is 0.464 bits per heavy atom. The summed E-state index contributed by atoms with van der Waals surface area (Å²) in [5.74, 6) is -0.784. The van der Waals surface area contributed by atoms with Crippen LogP contribution in [-0.2, 0) is 31.9 Å². The highest BCUT2D eigenvalue weighted by molar-refractivity contribution is 5.82. The molecule has 6 nitrogen and oxygen atoms in total. The van der Waals surface area contributed by atoms with Gasteiger partial charge in [-0.1, -0.05) is 114 Å². The van der Waals surface area contributed by atoms with Crippen molar-refractivity contribution in [2.45, 2.75) is 40.5 Å². The van der Waals surface area contributed by atoms with Crippen molar-refractivity contribution in [3.63, 3.8) is 0 Å². The monoisotopic (exact) mass is 742 g/mol. The second kappa shape index (κ2) is 20.1. The maximum Gasteiger partial charge on any atom is 0.330 e. The maximum atomic E-state index is 11.4. The molecule has 0 N–H and O–H groups in total. The fourth-order valence-corrected chi connectivity index (χ4v) is 6.05. The van der Waals surface area contributed by atoms with Crippen LogP contribution < -0.4 is 9.80 Å². The van der Waals surface area contributed by atoms with Gasteiger partial charge in [-0.05, 0) is 106 Å². The van der Waals surface area contributed by atoms with Gasteiger partial charge in [-0.3, -0.25) is 0 Å². The SMILES string of the molecule is C=CC(=O)OCCc1ccc(N(c2ccc(C)cc2)c2ccc(C)cc2)cc1.C=CC(=O)OCCc1ccccc1N(c1ccc(C)cc1)c1ccc(C)cc1. The van der Waals surface area contributed by atoms with Gasteiger partial charge in [-0.2, -0.15) is 0 Å². The summed E-state index contributed by atoms with van der Waals surface area (Å²) in [7, 11) is 0. The molecular weight excluding hydrogens is 693 g/mol. The van der Waals surface area contributed by atoms with Crippen molar-refractivity contribution in [2.24, 2.45) is 0 Å². The number of carbonyl (C=O) groups is 2. The first kappa shape index (κ1) is 40.5. The van der Waals surface area contributed by atoms with Crippen LogP contribution in [0.15, 0.2) is 171 Å². The minimum atomic E-state index is -0.397. The van der Waals surface area contributed by atoms with E-state index in [1.54, 1.807) is 0 Å². The average Bonchev–Trinajstić information content (AvgIpc) is 3.22. The van der Waals surface area contributed by atoms with E-state index >= 15 is 0 Å². The third-order valence-corrected chi connectivity index (χ3v) is 9.18. The van der Waals surface area contributed by atoms with E-state index < -0.39 is 5.97 Å². The molecule has 0 spiro atoms. The Kier molecular flexibility index (Phi) is 14.6. The number of carbonyl (C=O) groups excluding carboxylic acids is 2. The van der Waals surface area contributed by atoms with E-state index in [9.17, 15) is 9.59 Å². The van der Waals surface area contributed by atoms with Gasteiger partial charge < -0.3 is 19.3 Å². The Bertz CT molecular complexity index is 2100. The third kappa shape index (κ3) is 11.4. The molecule has 0 aromatic heterocycles. The highest BCUT2D eigenvalue weighted by Crippen LogP contribution is 2.37. The molecule has 56 heavy (non-hydrogen) atoms. The van der Waals surface area contributed by atoms with Crippen LogP contribution in [0.25, 0.3) is 0 Å². The van der Waals surface area contributed by atoms with Gasteiger partial charge in [0.2, 0.25) is 0 Å². The lowest BCUT2D eigenvalue weighted by Gasteiger charge is -2.28. The quantitative estimate of drug-likeness (QED) is 0.0818. The summed E-state index contributed by atoms with van der Waals surface area (Å²) < 4.78 is 10.3. The molecule has 0 aliphatic carbocycles. The molecular formula is C50H50N2O4. The zero-order valence-electron chi connectivity index (χ0n) is 32.8. The summed E-state index contributed by atoms with van der Waals surface area (Å²) in [5.41, 5.74) is 13.7. The number of para-hydroxylation sites is 1. The Hall–Kier alpha value is -6.66. The molecule has 284 valence electrons. The first-order valence-electron chi connectivity index (χ1n) is 18.8. The molecule has 0 amide bonds. The van der Waals surface area contributed by atoms with Crippen LogP contribution in [-0.4, -0.2) is 25.2 Å². The minimum Gasteiger partial charge on any atom is -0.462 e. The van der Waals surface area contributed by atoms with E-state index in [1.165, 1.54) is 34.4 Å². The second-order valence-corrected chi connectivity index (χ2v) is 13.6. The van der Waals surface area contributed by atoms with Gasteiger partial charge in [0.25, 0.3) is 0 Å². The van der Waals surface area contributed by atoms with Gasteiger partial charge in [0.05, 0.1) is 13.2 Å². The topological polar surface area (TPSA) is 59.1 Å². The molecule has 0 aliphatic rings. The van der Waals surface area contributed by atoms with Gasteiger partial charge in [0.1, 0.15) is 0 Å². The Morgan fingerprint density at radius 3 is 1.20 bits per heavy atom.